The Morgan fingerprint density at radius 3 is 2.56 bits per heavy atom. The number of halogens is 1. The minimum absolute atomic E-state index is 0.130. The van der Waals surface area contributed by atoms with Gasteiger partial charge in [0.25, 0.3) is 5.91 Å². The Kier molecular flexibility index (Phi) is 4.80. The van der Waals surface area contributed by atoms with E-state index in [2.05, 4.69) is 53.2 Å². The summed E-state index contributed by atoms with van der Waals surface area (Å²) in [5.41, 5.74) is 2.84. The van der Waals surface area contributed by atoms with Gasteiger partial charge in [0.15, 0.2) is 0 Å². The van der Waals surface area contributed by atoms with Gasteiger partial charge in [0.2, 0.25) is 0 Å². The van der Waals surface area contributed by atoms with Crippen molar-refractivity contribution in [2.45, 2.75) is 59.4 Å². The number of hydrogen-bond acceptors (Lipinski definition) is 2. The average molecular weight is 405 g/mol. The molecular weight excluding hydrogens is 380 g/mol. The van der Waals surface area contributed by atoms with Gasteiger partial charge in [0.1, 0.15) is 5.76 Å². The van der Waals surface area contributed by atoms with Crippen LogP contribution in [0.2, 0.25) is 0 Å². The van der Waals surface area contributed by atoms with E-state index in [0.717, 1.165) is 28.0 Å². The first-order chi connectivity index (χ1) is 11.7. The first-order valence-corrected chi connectivity index (χ1v) is 9.52. The Balaban J connectivity index is 2.11. The number of aryl methyl sites for hydroxylation is 1. The van der Waals surface area contributed by atoms with E-state index in [1.807, 2.05) is 25.1 Å². The van der Waals surface area contributed by atoms with E-state index in [-0.39, 0.29) is 11.3 Å². The van der Waals surface area contributed by atoms with Gasteiger partial charge in [-0.05, 0) is 60.2 Å². The van der Waals surface area contributed by atoms with Crippen LogP contribution >= 0.6 is 15.9 Å². The molecule has 0 saturated heterocycles. The first-order valence-electron chi connectivity index (χ1n) is 8.73. The molecule has 5 heteroatoms. The highest BCUT2D eigenvalue weighted by molar-refractivity contribution is 9.10. The molecule has 1 aromatic carbocycles. The van der Waals surface area contributed by atoms with Crippen LogP contribution in [-0.2, 0) is 12.0 Å². The highest BCUT2D eigenvalue weighted by atomic mass is 79.9. The zero-order valence-electron chi connectivity index (χ0n) is 15.5. The second kappa shape index (κ2) is 6.60. The summed E-state index contributed by atoms with van der Waals surface area (Å²) in [5.74, 6) is 1.29. The molecule has 1 aliphatic carbocycles. The Morgan fingerprint density at radius 1 is 1.32 bits per heavy atom. The molecule has 3 rings (SSSR count). The van der Waals surface area contributed by atoms with Crippen molar-refractivity contribution in [3.8, 4) is 0 Å². The van der Waals surface area contributed by atoms with Crippen molar-refractivity contribution >= 4 is 21.8 Å². The van der Waals surface area contributed by atoms with E-state index in [4.69, 9.17) is 4.42 Å². The lowest BCUT2D eigenvalue weighted by molar-refractivity contribution is 0.0990. The van der Waals surface area contributed by atoms with Crippen molar-refractivity contribution in [2.24, 2.45) is 10.9 Å². The molecule has 0 aliphatic heterocycles. The number of hydrogen-bond donors (Lipinski definition) is 0. The molecular formula is C20H25BrN2O2. The largest absolute Gasteiger partial charge is 0.428 e. The van der Waals surface area contributed by atoms with Gasteiger partial charge in [-0.15, -0.1) is 0 Å². The van der Waals surface area contributed by atoms with Gasteiger partial charge in [-0.3, -0.25) is 9.36 Å². The third-order valence-electron chi connectivity index (χ3n) is 4.61. The zero-order valence-corrected chi connectivity index (χ0v) is 17.1. The van der Waals surface area contributed by atoms with Crippen molar-refractivity contribution in [1.29, 1.82) is 0 Å². The lowest BCUT2D eigenvalue weighted by atomic mass is 9.92. The molecule has 1 amide bonds. The van der Waals surface area contributed by atoms with E-state index in [9.17, 15) is 4.79 Å². The van der Waals surface area contributed by atoms with E-state index in [0.29, 0.717) is 17.2 Å². The maximum atomic E-state index is 12.8. The summed E-state index contributed by atoms with van der Waals surface area (Å²) in [7, 11) is 0. The van der Waals surface area contributed by atoms with Crippen LogP contribution in [0.1, 0.15) is 61.0 Å². The molecule has 4 nitrogen and oxygen atoms in total. The zero-order chi connectivity index (χ0) is 18.4. The minimum atomic E-state index is -0.274. The SMILES string of the molecule is Cc1cccc(Br)c1C(=O)N=c1oc(C(C)(C)C)c(C)n1CC1CC1. The van der Waals surface area contributed by atoms with Crippen molar-refractivity contribution in [3.05, 3.63) is 50.9 Å². The maximum absolute atomic E-state index is 12.8. The fourth-order valence-corrected chi connectivity index (χ4v) is 3.72. The molecule has 2 aromatic rings. The number of oxazole rings is 1. The van der Waals surface area contributed by atoms with E-state index in [1.54, 1.807) is 0 Å². The van der Waals surface area contributed by atoms with Crippen molar-refractivity contribution in [2.75, 3.05) is 0 Å². The van der Waals surface area contributed by atoms with Crippen LogP contribution in [0.5, 0.6) is 0 Å². The molecule has 134 valence electrons. The van der Waals surface area contributed by atoms with Crippen LogP contribution in [0.15, 0.2) is 32.1 Å². The molecule has 0 unspecified atom stereocenters. The molecule has 0 spiro atoms. The molecule has 0 bridgehead atoms. The summed E-state index contributed by atoms with van der Waals surface area (Å²) in [5, 5.41) is 0. The Labute approximate surface area is 157 Å². The third-order valence-corrected chi connectivity index (χ3v) is 5.27. The summed E-state index contributed by atoms with van der Waals surface area (Å²) < 4.78 is 8.90. The van der Waals surface area contributed by atoms with Gasteiger partial charge in [-0.1, -0.05) is 32.9 Å². The number of amides is 1. The number of carbonyl (C=O) groups is 1. The van der Waals surface area contributed by atoms with Crippen LogP contribution in [0.3, 0.4) is 0 Å². The molecule has 1 fully saturated rings. The number of aromatic nitrogens is 1. The number of nitrogens with zero attached hydrogens (tertiary/aromatic N) is 2. The number of rotatable bonds is 3. The molecule has 25 heavy (non-hydrogen) atoms. The van der Waals surface area contributed by atoms with Crippen LogP contribution in [0, 0.1) is 19.8 Å². The second-order valence-electron chi connectivity index (χ2n) is 7.95. The molecule has 0 atom stereocenters. The topological polar surface area (TPSA) is 47.5 Å². The number of carbonyl (C=O) groups excluding carboxylic acids is 1. The predicted octanol–water partition coefficient (Wildman–Crippen LogP) is 4.91. The van der Waals surface area contributed by atoms with Gasteiger partial charge in [0, 0.05) is 16.4 Å². The highest BCUT2D eigenvalue weighted by Gasteiger charge is 2.28. The fourth-order valence-electron chi connectivity index (χ4n) is 3.08. The Hall–Kier alpha value is -1.62. The Morgan fingerprint density at radius 2 is 2.00 bits per heavy atom. The molecule has 1 saturated carbocycles. The van der Waals surface area contributed by atoms with Gasteiger partial charge in [-0.25, -0.2) is 0 Å². The summed E-state index contributed by atoms with van der Waals surface area (Å²) in [6.45, 7) is 11.2. The average Bonchev–Trinajstić information content (AvgIpc) is 3.25. The van der Waals surface area contributed by atoms with Gasteiger partial charge in [-0.2, -0.15) is 4.99 Å². The third kappa shape index (κ3) is 3.81. The molecule has 1 aliphatic rings. The minimum Gasteiger partial charge on any atom is -0.428 e. The van der Waals surface area contributed by atoms with Gasteiger partial charge in [0.05, 0.1) is 11.3 Å². The van der Waals surface area contributed by atoms with Crippen molar-refractivity contribution < 1.29 is 9.21 Å². The first kappa shape index (κ1) is 18.2. The van der Waals surface area contributed by atoms with Crippen LogP contribution in [0.25, 0.3) is 0 Å². The van der Waals surface area contributed by atoms with Crippen molar-refractivity contribution in [1.82, 2.24) is 4.57 Å². The fraction of sp³-hybridized carbons (Fsp3) is 0.500. The quantitative estimate of drug-likeness (QED) is 0.729. The normalized spacial score (nSPS) is 15.7. The molecule has 0 radical (unpaired) electrons. The monoisotopic (exact) mass is 404 g/mol. The van der Waals surface area contributed by atoms with Crippen LogP contribution in [-0.4, -0.2) is 10.5 Å². The van der Waals surface area contributed by atoms with Gasteiger partial charge >= 0.3 is 5.68 Å². The number of benzene rings is 1. The summed E-state index contributed by atoms with van der Waals surface area (Å²) in [6, 6.07) is 5.69. The lowest BCUT2D eigenvalue weighted by Crippen LogP contribution is -2.21. The predicted molar refractivity (Wildman–Crippen MR) is 102 cm³/mol. The summed E-state index contributed by atoms with van der Waals surface area (Å²) >= 11 is 3.46. The highest BCUT2D eigenvalue weighted by Crippen LogP contribution is 2.32. The Bertz CT molecular complexity index is 860. The standard InChI is InChI=1S/C20H25BrN2O2/c1-12-7-6-8-15(21)16(12)18(24)22-19-23(11-14-9-10-14)13(2)17(25-19)20(3,4)5/h6-8,14H,9-11H2,1-5H3. The lowest BCUT2D eigenvalue weighted by Gasteiger charge is -2.15. The maximum Gasteiger partial charge on any atom is 0.305 e. The van der Waals surface area contributed by atoms with Crippen LogP contribution in [0.4, 0.5) is 0 Å². The van der Waals surface area contributed by atoms with E-state index >= 15 is 0 Å². The molecule has 1 heterocycles. The second-order valence-corrected chi connectivity index (χ2v) is 8.81. The summed E-state index contributed by atoms with van der Waals surface area (Å²) in [4.78, 5) is 17.2. The molecule has 1 aromatic heterocycles. The van der Waals surface area contributed by atoms with Gasteiger partial charge < -0.3 is 4.42 Å². The summed E-state index contributed by atoms with van der Waals surface area (Å²) in [6.07, 6.45) is 2.47. The van der Waals surface area contributed by atoms with Crippen LogP contribution < -0.4 is 5.68 Å². The van der Waals surface area contributed by atoms with E-state index < -0.39 is 0 Å². The van der Waals surface area contributed by atoms with E-state index in [1.165, 1.54) is 12.8 Å². The smallest absolute Gasteiger partial charge is 0.305 e. The molecule has 0 N–H and O–H groups in total. The van der Waals surface area contributed by atoms with Crippen molar-refractivity contribution in [3.63, 3.8) is 0 Å².